The van der Waals surface area contributed by atoms with Crippen molar-refractivity contribution in [2.75, 3.05) is 20.2 Å². The Kier molecular flexibility index (Phi) is 4.60. The van der Waals surface area contributed by atoms with Gasteiger partial charge in [0.2, 0.25) is 5.88 Å². The summed E-state index contributed by atoms with van der Waals surface area (Å²) in [6.07, 6.45) is 4.16. The molecule has 104 valence electrons. The van der Waals surface area contributed by atoms with Gasteiger partial charge in [-0.25, -0.2) is 9.98 Å². The number of hydrogen-bond acceptors (Lipinski definition) is 3. The molecule has 0 unspecified atom stereocenters. The van der Waals surface area contributed by atoms with Crippen LogP contribution in [0, 0.1) is 5.92 Å². The minimum atomic E-state index is 0.564. The van der Waals surface area contributed by atoms with Crippen LogP contribution in [0.1, 0.15) is 25.3 Å². The first-order valence-corrected chi connectivity index (χ1v) is 6.73. The van der Waals surface area contributed by atoms with Gasteiger partial charge in [-0.1, -0.05) is 13.0 Å². The van der Waals surface area contributed by atoms with E-state index in [-0.39, 0.29) is 0 Å². The molecule has 19 heavy (non-hydrogen) atoms. The number of likely N-dealkylation sites (tertiary alicyclic amines) is 1. The summed E-state index contributed by atoms with van der Waals surface area (Å²) in [7, 11) is 1.61. The lowest BCUT2D eigenvalue weighted by Crippen LogP contribution is -2.42. The summed E-state index contributed by atoms with van der Waals surface area (Å²) in [5.41, 5.74) is 7.06. The van der Waals surface area contributed by atoms with Gasteiger partial charge in [-0.15, -0.1) is 0 Å². The van der Waals surface area contributed by atoms with Crippen LogP contribution in [-0.4, -0.2) is 36.0 Å². The summed E-state index contributed by atoms with van der Waals surface area (Å²) < 4.78 is 5.02. The average Bonchev–Trinajstić information content (AvgIpc) is 2.46. The number of nitrogens with zero attached hydrogens (tertiary/aromatic N) is 3. The van der Waals surface area contributed by atoms with Crippen molar-refractivity contribution >= 4 is 5.96 Å². The molecule has 5 nitrogen and oxygen atoms in total. The van der Waals surface area contributed by atoms with Crippen molar-refractivity contribution in [3.05, 3.63) is 23.9 Å². The van der Waals surface area contributed by atoms with Crippen LogP contribution >= 0.6 is 0 Å². The Labute approximate surface area is 114 Å². The average molecular weight is 262 g/mol. The van der Waals surface area contributed by atoms with Crippen LogP contribution in [0.4, 0.5) is 0 Å². The summed E-state index contributed by atoms with van der Waals surface area (Å²) >= 11 is 0. The highest BCUT2D eigenvalue weighted by Crippen LogP contribution is 2.15. The molecule has 1 aromatic heterocycles. The van der Waals surface area contributed by atoms with Gasteiger partial charge in [-0.2, -0.15) is 0 Å². The van der Waals surface area contributed by atoms with Gasteiger partial charge in [0.1, 0.15) is 0 Å². The molecule has 0 radical (unpaired) electrons. The number of nitrogens with two attached hydrogens (primary N) is 1. The number of pyridine rings is 1. The zero-order valence-electron chi connectivity index (χ0n) is 11.7. The predicted molar refractivity (Wildman–Crippen MR) is 76.1 cm³/mol. The molecule has 0 aliphatic carbocycles. The van der Waals surface area contributed by atoms with Crippen LogP contribution < -0.4 is 10.5 Å². The third kappa shape index (κ3) is 3.84. The molecule has 2 heterocycles. The Balaban J connectivity index is 1.89. The molecule has 1 aliphatic rings. The van der Waals surface area contributed by atoms with E-state index in [2.05, 4.69) is 21.8 Å². The number of rotatable bonds is 3. The number of hydrogen-bond donors (Lipinski definition) is 1. The number of guanidine groups is 1. The van der Waals surface area contributed by atoms with E-state index in [1.807, 2.05) is 12.1 Å². The standard InChI is InChI=1S/C14H22N4O/c1-11-5-7-18(8-6-11)14(15)17-10-12-3-4-13(19-2)16-9-12/h3-4,9,11H,5-8,10H2,1-2H3,(H2,15,17). The summed E-state index contributed by atoms with van der Waals surface area (Å²) in [6.45, 7) is 4.87. The van der Waals surface area contributed by atoms with Gasteiger partial charge in [0, 0.05) is 25.4 Å². The van der Waals surface area contributed by atoms with Crippen molar-refractivity contribution < 1.29 is 4.74 Å². The lowest BCUT2D eigenvalue weighted by Gasteiger charge is -2.31. The fourth-order valence-electron chi connectivity index (χ4n) is 2.14. The summed E-state index contributed by atoms with van der Waals surface area (Å²) in [5.74, 6) is 2.06. The maximum absolute atomic E-state index is 6.03. The molecule has 1 fully saturated rings. The Bertz CT molecular complexity index is 422. The highest BCUT2D eigenvalue weighted by atomic mass is 16.5. The van der Waals surface area contributed by atoms with Gasteiger partial charge in [0.15, 0.2) is 5.96 Å². The van der Waals surface area contributed by atoms with E-state index in [1.165, 1.54) is 12.8 Å². The molecule has 0 bridgehead atoms. The van der Waals surface area contributed by atoms with Crippen LogP contribution in [0.25, 0.3) is 0 Å². The molecule has 0 spiro atoms. The summed E-state index contributed by atoms with van der Waals surface area (Å²) in [4.78, 5) is 10.8. The van der Waals surface area contributed by atoms with E-state index in [0.29, 0.717) is 18.4 Å². The normalized spacial score (nSPS) is 17.6. The SMILES string of the molecule is COc1ccc(CN=C(N)N2CCC(C)CC2)cn1. The lowest BCUT2D eigenvalue weighted by molar-refractivity contribution is 0.277. The van der Waals surface area contributed by atoms with E-state index < -0.39 is 0 Å². The van der Waals surface area contributed by atoms with Crippen LogP contribution in [0.3, 0.4) is 0 Å². The second-order valence-corrected chi connectivity index (χ2v) is 5.05. The molecule has 1 aliphatic heterocycles. The molecule has 2 N–H and O–H groups in total. The van der Waals surface area contributed by atoms with Crippen molar-refractivity contribution in [3.63, 3.8) is 0 Å². The molecule has 1 aromatic rings. The van der Waals surface area contributed by atoms with Crippen molar-refractivity contribution in [1.82, 2.24) is 9.88 Å². The van der Waals surface area contributed by atoms with E-state index in [0.717, 1.165) is 24.6 Å². The fraction of sp³-hybridized carbons (Fsp3) is 0.571. The Morgan fingerprint density at radius 1 is 1.47 bits per heavy atom. The first kappa shape index (κ1) is 13.6. The zero-order chi connectivity index (χ0) is 13.7. The Morgan fingerprint density at radius 3 is 2.79 bits per heavy atom. The molecule has 0 aromatic carbocycles. The molecule has 0 amide bonds. The highest BCUT2D eigenvalue weighted by Gasteiger charge is 2.16. The van der Waals surface area contributed by atoms with Crippen LogP contribution in [-0.2, 0) is 6.54 Å². The second kappa shape index (κ2) is 6.41. The number of piperidine rings is 1. The molecule has 1 saturated heterocycles. The zero-order valence-corrected chi connectivity index (χ0v) is 11.7. The van der Waals surface area contributed by atoms with E-state index in [9.17, 15) is 0 Å². The number of aliphatic imine (C=N–C) groups is 1. The van der Waals surface area contributed by atoms with E-state index in [4.69, 9.17) is 10.5 Å². The number of ether oxygens (including phenoxy) is 1. The fourth-order valence-corrected chi connectivity index (χ4v) is 2.14. The molecule has 0 saturated carbocycles. The molecule has 2 rings (SSSR count). The first-order chi connectivity index (χ1) is 9.19. The summed E-state index contributed by atoms with van der Waals surface area (Å²) in [5, 5.41) is 0. The van der Waals surface area contributed by atoms with Gasteiger partial charge < -0.3 is 15.4 Å². The van der Waals surface area contributed by atoms with E-state index in [1.54, 1.807) is 13.3 Å². The molecule has 5 heteroatoms. The predicted octanol–water partition coefficient (Wildman–Crippen LogP) is 1.64. The summed E-state index contributed by atoms with van der Waals surface area (Å²) in [6, 6.07) is 3.80. The van der Waals surface area contributed by atoms with Gasteiger partial charge >= 0.3 is 0 Å². The minimum Gasteiger partial charge on any atom is -0.481 e. The maximum atomic E-state index is 6.03. The van der Waals surface area contributed by atoms with Crippen LogP contribution in [0.15, 0.2) is 23.3 Å². The topological polar surface area (TPSA) is 63.7 Å². The van der Waals surface area contributed by atoms with Crippen molar-refractivity contribution in [2.45, 2.75) is 26.3 Å². The third-order valence-electron chi connectivity index (χ3n) is 3.54. The quantitative estimate of drug-likeness (QED) is 0.664. The Hall–Kier alpha value is -1.78. The molecular weight excluding hydrogens is 240 g/mol. The van der Waals surface area contributed by atoms with Crippen molar-refractivity contribution in [3.8, 4) is 5.88 Å². The molecule has 0 atom stereocenters. The van der Waals surface area contributed by atoms with Crippen molar-refractivity contribution in [2.24, 2.45) is 16.6 Å². The maximum Gasteiger partial charge on any atom is 0.212 e. The Morgan fingerprint density at radius 2 is 2.21 bits per heavy atom. The third-order valence-corrected chi connectivity index (χ3v) is 3.54. The van der Waals surface area contributed by atoms with Crippen molar-refractivity contribution in [1.29, 1.82) is 0 Å². The monoisotopic (exact) mass is 262 g/mol. The highest BCUT2D eigenvalue weighted by molar-refractivity contribution is 5.78. The lowest BCUT2D eigenvalue weighted by atomic mass is 10.00. The van der Waals surface area contributed by atoms with E-state index >= 15 is 0 Å². The van der Waals surface area contributed by atoms with Gasteiger partial charge in [0.05, 0.1) is 13.7 Å². The van der Waals surface area contributed by atoms with Crippen LogP contribution in [0.5, 0.6) is 5.88 Å². The number of methoxy groups -OCH3 is 1. The van der Waals surface area contributed by atoms with Gasteiger partial charge in [-0.3, -0.25) is 0 Å². The smallest absolute Gasteiger partial charge is 0.212 e. The van der Waals surface area contributed by atoms with Gasteiger partial charge in [-0.05, 0) is 24.3 Å². The van der Waals surface area contributed by atoms with Crippen LogP contribution in [0.2, 0.25) is 0 Å². The molecular formula is C14H22N4O. The first-order valence-electron chi connectivity index (χ1n) is 6.73. The largest absolute Gasteiger partial charge is 0.481 e. The second-order valence-electron chi connectivity index (χ2n) is 5.05. The number of aromatic nitrogens is 1. The minimum absolute atomic E-state index is 0.564. The van der Waals surface area contributed by atoms with Gasteiger partial charge in [0.25, 0.3) is 0 Å².